The zero-order valence-corrected chi connectivity index (χ0v) is 20.8. The van der Waals surface area contributed by atoms with Gasteiger partial charge in [-0.1, -0.05) is 110 Å². The van der Waals surface area contributed by atoms with Crippen molar-refractivity contribution in [2.24, 2.45) is 0 Å². The Hall–Kier alpha value is 0.527. The van der Waals surface area contributed by atoms with Gasteiger partial charge < -0.3 is 4.43 Å². The van der Waals surface area contributed by atoms with Gasteiger partial charge in [-0.2, -0.15) is 12.6 Å². The smallest absolute Gasteiger partial charge is 0.187 e. The molecule has 0 amide bonds. The quantitative estimate of drug-likeness (QED) is 0.142. The van der Waals surface area contributed by atoms with Crippen molar-refractivity contribution in [1.29, 1.82) is 0 Å². The van der Waals surface area contributed by atoms with Crippen LogP contribution in [0.4, 0.5) is 0 Å². The van der Waals surface area contributed by atoms with Crippen LogP contribution in [0.5, 0.6) is 0 Å². The summed E-state index contributed by atoms with van der Waals surface area (Å²) in [5.41, 5.74) is 0. The van der Waals surface area contributed by atoms with Crippen molar-refractivity contribution in [1.82, 2.24) is 0 Å². The molecule has 0 aromatic rings. The molecule has 162 valence electrons. The van der Waals surface area contributed by atoms with Crippen molar-refractivity contribution >= 4 is 20.9 Å². The lowest BCUT2D eigenvalue weighted by molar-refractivity contribution is 0.154. The lowest BCUT2D eigenvalue weighted by atomic mass is 10.0. The molecule has 0 saturated carbocycles. The van der Waals surface area contributed by atoms with Crippen molar-refractivity contribution in [3.63, 3.8) is 0 Å². The Bertz CT molecular complexity index is 334. The number of hydrogen-bond donors (Lipinski definition) is 1. The molecule has 0 aliphatic carbocycles. The van der Waals surface area contributed by atoms with Crippen LogP contribution in [0.1, 0.15) is 122 Å². The van der Waals surface area contributed by atoms with Crippen molar-refractivity contribution in [3.05, 3.63) is 0 Å². The maximum absolute atomic E-state index is 6.37. The van der Waals surface area contributed by atoms with E-state index in [1.165, 1.54) is 122 Å². The monoisotopic (exact) mass is 414 g/mol. The standard InChI is InChI=1S/C24H50OSSi/c1-4-5-6-7-8-9-10-11-12-13-14-15-16-17-18-21-24(26)23-20-19-22-27(2,3)25-23/h23-24,26H,4-22H2,1-3H3. The molecule has 1 aliphatic rings. The van der Waals surface area contributed by atoms with Gasteiger partial charge >= 0.3 is 0 Å². The molecule has 1 heterocycles. The molecular formula is C24H50OSSi. The van der Waals surface area contributed by atoms with E-state index in [-0.39, 0.29) is 0 Å². The second-order valence-corrected chi connectivity index (χ2v) is 14.5. The molecule has 0 aromatic heterocycles. The summed E-state index contributed by atoms with van der Waals surface area (Å²) in [7, 11) is -1.35. The molecule has 1 fully saturated rings. The van der Waals surface area contributed by atoms with E-state index < -0.39 is 8.32 Å². The molecule has 0 bridgehead atoms. The van der Waals surface area contributed by atoms with Gasteiger partial charge in [0.05, 0.1) is 6.10 Å². The van der Waals surface area contributed by atoms with E-state index >= 15 is 0 Å². The fourth-order valence-electron chi connectivity index (χ4n) is 4.44. The van der Waals surface area contributed by atoms with E-state index in [0.717, 1.165) is 0 Å². The van der Waals surface area contributed by atoms with Crippen molar-refractivity contribution in [2.45, 2.75) is 153 Å². The van der Waals surface area contributed by atoms with Crippen LogP contribution < -0.4 is 0 Å². The molecule has 1 rings (SSSR count). The summed E-state index contributed by atoms with van der Waals surface area (Å²) in [4.78, 5) is 0. The fourth-order valence-corrected chi connectivity index (χ4v) is 7.22. The van der Waals surface area contributed by atoms with Crippen LogP contribution in [-0.4, -0.2) is 19.7 Å². The highest BCUT2D eigenvalue weighted by Crippen LogP contribution is 2.30. The van der Waals surface area contributed by atoms with E-state index in [1.807, 2.05) is 0 Å². The van der Waals surface area contributed by atoms with Gasteiger partial charge in [0.2, 0.25) is 0 Å². The molecule has 1 saturated heterocycles. The molecule has 2 atom stereocenters. The minimum Gasteiger partial charge on any atom is -0.413 e. The Morgan fingerprint density at radius 3 is 1.67 bits per heavy atom. The Kier molecular flexibility index (Phi) is 15.5. The Balaban J connectivity index is 1.81. The Labute approximate surface area is 178 Å². The SMILES string of the molecule is CCCCCCCCCCCCCCCCCC(S)C1CCC[Si](C)(C)O1. The largest absolute Gasteiger partial charge is 0.413 e. The van der Waals surface area contributed by atoms with Crippen LogP contribution in [0.3, 0.4) is 0 Å². The maximum atomic E-state index is 6.37. The third kappa shape index (κ3) is 14.2. The van der Waals surface area contributed by atoms with E-state index in [9.17, 15) is 0 Å². The van der Waals surface area contributed by atoms with Gasteiger partial charge in [-0.05, 0) is 32.0 Å². The summed E-state index contributed by atoms with van der Waals surface area (Å²) in [6.45, 7) is 7.03. The van der Waals surface area contributed by atoms with Crippen molar-refractivity contribution in [3.8, 4) is 0 Å². The molecule has 0 spiro atoms. The highest BCUT2D eigenvalue weighted by Gasteiger charge is 2.33. The average Bonchev–Trinajstić information content (AvgIpc) is 2.64. The van der Waals surface area contributed by atoms with Gasteiger partial charge in [-0.3, -0.25) is 0 Å². The van der Waals surface area contributed by atoms with Gasteiger partial charge in [0, 0.05) is 5.25 Å². The zero-order chi connectivity index (χ0) is 19.8. The molecule has 0 aromatic carbocycles. The number of thiol groups is 1. The fraction of sp³-hybridized carbons (Fsp3) is 1.00. The molecule has 0 N–H and O–H groups in total. The summed E-state index contributed by atoms with van der Waals surface area (Å²) in [5, 5.41) is 0.471. The first-order chi connectivity index (χ1) is 13.0. The highest BCUT2D eigenvalue weighted by atomic mass is 32.1. The number of hydrogen-bond acceptors (Lipinski definition) is 2. The normalized spacial score (nSPS) is 20.7. The molecule has 1 nitrogen and oxygen atoms in total. The highest BCUT2D eigenvalue weighted by molar-refractivity contribution is 7.81. The second kappa shape index (κ2) is 16.3. The minimum atomic E-state index is -1.35. The first-order valence-corrected chi connectivity index (χ1v) is 16.0. The van der Waals surface area contributed by atoms with E-state index in [2.05, 4.69) is 20.0 Å². The molecule has 2 unspecified atom stereocenters. The summed E-state index contributed by atoms with van der Waals surface area (Å²) in [6, 6.07) is 1.34. The first-order valence-electron chi connectivity index (χ1n) is 12.4. The third-order valence-corrected chi connectivity index (χ3v) is 9.36. The summed E-state index contributed by atoms with van der Waals surface area (Å²) in [6.07, 6.45) is 25.9. The average molecular weight is 415 g/mol. The maximum Gasteiger partial charge on any atom is 0.187 e. The van der Waals surface area contributed by atoms with Crippen molar-refractivity contribution < 1.29 is 4.43 Å². The molecule has 1 aliphatic heterocycles. The number of rotatable bonds is 17. The lowest BCUT2D eigenvalue weighted by Crippen LogP contribution is -2.43. The predicted molar refractivity (Wildman–Crippen MR) is 129 cm³/mol. The summed E-state index contributed by atoms with van der Waals surface area (Å²) in [5.74, 6) is 0. The zero-order valence-electron chi connectivity index (χ0n) is 18.9. The van der Waals surface area contributed by atoms with Crippen LogP contribution in [-0.2, 0) is 4.43 Å². The van der Waals surface area contributed by atoms with Crippen LogP contribution in [0.15, 0.2) is 0 Å². The van der Waals surface area contributed by atoms with Gasteiger partial charge in [-0.25, -0.2) is 0 Å². The van der Waals surface area contributed by atoms with Gasteiger partial charge in [0.25, 0.3) is 0 Å². The topological polar surface area (TPSA) is 9.23 Å². The molecule has 0 radical (unpaired) electrons. The summed E-state index contributed by atoms with van der Waals surface area (Å²) < 4.78 is 6.37. The Morgan fingerprint density at radius 1 is 0.778 bits per heavy atom. The van der Waals surface area contributed by atoms with Crippen LogP contribution in [0.2, 0.25) is 19.1 Å². The van der Waals surface area contributed by atoms with Gasteiger partial charge in [-0.15, -0.1) is 0 Å². The van der Waals surface area contributed by atoms with E-state index in [4.69, 9.17) is 17.1 Å². The predicted octanol–water partition coefficient (Wildman–Crippen LogP) is 8.93. The van der Waals surface area contributed by atoms with Crippen LogP contribution >= 0.6 is 12.6 Å². The van der Waals surface area contributed by atoms with Crippen LogP contribution in [0.25, 0.3) is 0 Å². The summed E-state index contributed by atoms with van der Waals surface area (Å²) >= 11 is 4.87. The Morgan fingerprint density at radius 2 is 1.22 bits per heavy atom. The van der Waals surface area contributed by atoms with E-state index in [1.54, 1.807) is 0 Å². The lowest BCUT2D eigenvalue weighted by Gasteiger charge is -2.37. The first kappa shape index (κ1) is 25.6. The minimum absolute atomic E-state index is 0.440. The second-order valence-electron chi connectivity index (χ2n) is 9.61. The van der Waals surface area contributed by atoms with Gasteiger partial charge in [0.15, 0.2) is 8.32 Å². The van der Waals surface area contributed by atoms with Crippen molar-refractivity contribution in [2.75, 3.05) is 0 Å². The molecular weight excluding hydrogens is 364 g/mol. The third-order valence-electron chi connectivity index (χ3n) is 6.27. The van der Waals surface area contributed by atoms with E-state index in [0.29, 0.717) is 11.4 Å². The van der Waals surface area contributed by atoms with Gasteiger partial charge in [0.1, 0.15) is 0 Å². The van der Waals surface area contributed by atoms with Crippen LogP contribution in [0, 0.1) is 0 Å². The number of unbranched alkanes of at least 4 members (excludes halogenated alkanes) is 14. The molecule has 27 heavy (non-hydrogen) atoms. The molecule has 3 heteroatoms.